The second kappa shape index (κ2) is 9.17. The topological polar surface area (TPSA) is 122 Å². The highest BCUT2D eigenvalue weighted by atomic mass is 32.2. The fraction of sp³-hybridized carbons (Fsp3) is 0.350. The first-order valence-electron chi connectivity index (χ1n) is 9.68. The van der Waals surface area contributed by atoms with Gasteiger partial charge in [-0.15, -0.1) is 13.2 Å². The molecular weight excluding hydrogens is 467 g/mol. The predicted molar refractivity (Wildman–Crippen MR) is 110 cm³/mol. The van der Waals surface area contributed by atoms with Gasteiger partial charge in [-0.2, -0.15) is 5.06 Å². The molecule has 2 aromatic rings. The molecule has 33 heavy (non-hydrogen) atoms. The van der Waals surface area contributed by atoms with E-state index in [0.29, 0.717) is 5.06 Å². The number of piperidine rings is 1. The van der Waals surface area contributed by atoms with Crippen LogP contribution in [0.4, 0.5) is 24.5 Å². The lowest BCUT2D eigenvalue weighted by atomic mass is 9.96. The molecule has 1 heterocycles. The number of benzene rings is 2. The van der Waals surface area contributed by atoms with Crippen molar-refractivity contribution in [3.63, 3.8) is 0 Å². The lowest BCUT2D eigenvalue weighted by Gasteiger charge is -2.37. The van der Waals surface area contributed by atoms with Crippen molar-refractivity contribution in [2.75, 3.05) is 25.3 Å². The zero-order valence-electron chi connectivity index (χ0n) is 17.4. The van der Waals surface area contributed by atoms with Gasteiger partial charge in [0.25, 0.3) is 0 Å². The number of ether oxygens (including phenoxy) is 1. The standard InChI is InChI=1S/C20H22F3N3O6S/c1-31-25-12-10-19(11-13-25,18(24)27)33(29,30)17-8-4-15(5-9-17)26(28)14-2-6-16(7-3-14)32-20(21,22)23/h2-9,28H,10-13H2,1H3,(H2,24,27). The van der Waals surface area contributed by atoms with Crippen LogP contribution in [0, 0.1) is 0 Å². The lowest BCUT2D eigenvalue weighted by molar-refractivity contribution is -0.274. The van der Waals surface area contributed by atoms with Crippen LogP contribution in [0.15, 0.2) is 53.4 Å². The molecule has 0 aromatic heterocycles. The number of alkyl halides is 3. The Bertz CT molecular complexity index is 1080. The Labute approximate surface area is 187 Å². The molecule has 1 aliphatic heterocycles. The minimum atomic E-state index is -4.84. The van der Waals surface area contributed by atoms with E-state index in [2.05, 4.69) is 4.74 Å². The van der Waals surface area contributed by atoms with Gasteiger partial charge in [0.05, 0.1) is 23.4 Å². The summed E-state index contributed by atoms with van der Waals surface area (Å²) < 4.78 is 65.4. The number of nitrogens with zero attached hydrogens (tertiary/aromatic N) is 2. The third kappa shape index (κ3) is 5.05. The van der Waals surface area contributed by atoms with Crippen molar-refractivity contribution >= 4 is 27.1 Å². The summed E-state index contributed by atoms with van der Waals surface area (Å²) in [4.78, 5) is 17.2. The quantitative estimate of drug-likeness (QED) is 0.570. The molecule has 0 spiro atoms. The maximum atomic E-state index is 13.3. The van der Waals surface area contributed by atoms with Crippen molar-refractivity contribution in [2.24, 2.45) is 5.73 Å². The van der Waals surface area contributed by atoms with E-state index in [4.69, 9.17) is 10.6 Å². The Morgan fingerprint density at radius 3 is 1.97 bits per heavy atom. The molecule has 2 aromatic carbocycles. The monoisotopic (exact) mass is 489 g/mol. The average molecular weight is 489 g/mol. The first-order chi connectivity index (χ1) is 15.4. The van der Waals surface area contributed by atoms with Crippen LogP contribution >= 0.6 is 0 Å². The van der Waals surface area contributed by atoms with E-state index < -0.39 is 32.6 Å². The van der Waals surface area contributed by atoms with Gasteiger partial charge in [-0.3, -0.25) is 10.0 Å². The third-order valence-corrected chi connectivity index (χ3v) is 7.99. The van der Waals surface area contributed by atoms with Crippen LogP contribution in [0.25, 0.3) is 0 Å². The summed E-state index contributed by atoms with van der Waals surface area (Å²) in [7, 11) is -2.72. The van der Waals surface area contributed by atoms with Crippen molar-refractivity contribution in [1.29, 1.82) is 0 Å². The molecule has 180 valence electrons. The Morgan fingerprint density at radius 1 is 1.06 bits per heavy atom. The summed E-state index contributed by atoms with van der Waals surface area (Å²) in [5.41, 5.74) is 5.76. The number of anilines is 2. The van der Waals surface area contributed by atoms with Gasteiger partial charge in [0.1, 0.15) is 5.75 Å². The zero-order valence-corrected chi connectivity index (χ0v) is 18.3. The third-order valence-electron chi connectivity index (χ3n) is 5.46. The Balaban J connectivity index is 1.82. The zero-order chi connectivity index (χ0) is 24.4. The molecule has 0 unspecified atom stereocenters. The minimum Gasteiger partial charge on any atom is -0.406 e. The van der Waals surface area contributed by atoms with Crippen molar-refractivity contribution in [1.82, 2.24) is 5.06 Å². The van der Waals surface area contributed by atoms with Crippen LogP contribution in [0.5, 0.6) is 5.75 Å². The van der Waals surface area contributed by atoms with Gasteiger partial charge in [0.15, 0.2) is 14.6 Å². The number of carbonyl (C=O) groups is 1. The summed E-state index contributed by atoms with van der Waals surface area (Å²) in [6.07, 6.45) is -4.93. The summed E-state index contributed by atoms with van der Waals surface area (Å²) in [6, 6.07) is 9.47. The van der Waals surface area contributed by atoms with Crippen LogP contribution in [0.3, 0.4) is 0 Å². The Kier molecular flexibility index (Phi) is 6.88. The molecule has 13 heteroatoms. The molecule has 1 aliphatic rings. The highest BCUT2D eigenvalue weighted by molar-refractivity contribution is 7.93. The molecular formula is C20H22F3N3O6S. The van der Waals surface area contributed by atoms with Crippen LogP contribution in [0.2, 0.25) is 0 Å². The van der Waals surface area contributed by atoms with Crippen molar-refractivity contribution in [3.8, 4) is 5.75 Å². The molecule has 0 saturated carbocycles. The molecule has 0 bridgehead atoms. The fourth-order valence-corrected chi connectivity index (χ4v) is 5.54. The summed E-state index contributed by atoms with van der Waals surface area (Å²) >= 11 is 0. The van der Waals surface area contributed by atoms with E-state index in [-0.39, 0.29) is 42.2 Å². The maximum absolute atomic E-state index is 13.3. The first-order valence-corrected chi connectivity index (χ1v) is 11.2. The molecule has 1 saturated heterocycles. The molecule has 1 fully saturated rings. The second-order valence-electron chi connectivity index (χ2n) is 7.32. The molecule has 9 nitrogen and oxygen atoms in total. The number of hydroxylamine groups is 2. The molecule has 0 radical (unpaired) electrons. The number of nitrogens with two attached hydrogens (primary N) is 1. The second-order valence-corrected chi connectivity index (χ2v) is 9.58. The number of sulfone groups is 1. The van der Waals surface area contributed by atoms with E-state index in [1.54, 1.807) is 0 Å². The molecule has 3 N–H and O–H groups in total. The number of amides is 1. The number of carbonyl (C=O) groups excluding carboxylic acids is 1. The predicted octanol–water partition coefficient (Wildman–Crippen LogP) is 2.77. The molecule has 1 amide bonds. The van der Waals surface area contributed by atoms with Gasteiger partial charge in [-0.05, 0) is 61.4 Å². The van der Waals surface area contributed by atoms with E-state index >= 15 is 0 Å². The van der Waals surface area contributed by atoms with Crippen LogP contribution < -0.4 is 15.5 Å². The van der Waals surface area contributed by atoms with Gasteiger partial charge in [0, 0.05) is 13.1 Å². The van der Waals surface area contributed by atoms with Gasteiger partial charge >= 0.3 is 6.36 Å². The first kappa shape index (κ1) is 24.8. The highest BCUT2D eigenvalue weighted by Crippen LogP contribution is 2.36. The minimum absolute atomic E-state index is 0.0429. The number of halogens is 3. The molecule has 0 aliphatic carbocycles. The largest absolute Gasteiger partial charge is 0.573 e. The highest BCUT2D eigenvalue weighted by Gasteiger charge is 2.51. The van der Waals surface area contributed by atoms with Crippen LogP contribution in [-0.2, 0) is 19.5 Å². The van der Waals surface area contributed by atoms with Crippen LogP contribution in [-0.4, -0.2) is 55.9 Å². The van der Waals surface area contributed by atoms with Crippen molar-refractivity contribution in [3.05, 3.63) is 48.5 Å². The number of primary amides is 1. The van der Waals surface area contributed by atoms with E-state index in [0.717, 1.165) is 12.1 Å². The molecule has 0 atom stereocenters. The van der Waals surface area contributed by atoms with Gasteiger partial charge in [0.2, 0.25) is 5.91 Å². The molecule has 3 rings (SSSR count). The normalized spacial score (nSPS) is 16.9. The number of rotatable bonds is 7. The SMILES string of the molecule is CON1CCC(C(N)=O)(S(=O)(=O)c2ccc(N(O)c3ccc(OC(F)(F)F)cc3)cc2)CC1. The van der Waals surface area contributed by atoms with Gasteiger partial charge in [-0.25, -0.2) is 13.5 Å². The van der Waals surface area contributed by atoms with E-state index in [1.165, 1.54) is 48.6 Å². The van der Waals surface area contributed by atoms with Crippen molar-refractivity contribution < 1.29 is 41.2 Å². The summed E-state index contributed by atoms with van der Waals surface area (Å²) in [5, 5.41) is 12.6. The van der Waals surface area contributed by atoms with Gasteiger partial charge < -0.3 is 15.3 Å². The van der Waals surface area contributed by atoms with E-state index in [9.17, 15) is 31.6 Å². The fourth-order valence-electron chi connectivity index (χ4n) is 3.61. The maximum Gasteiger partial charge on any atom is 0.573 e. The van der Waals surface area contributed by atoms with Gasteiger partial charge in [-0.1, -0.05) is 0 Å². The summed E-state index contributed by atoms with van der Waals surface area (Å²) in [6.45, 7) is 0.407. The Hall–Kier alpha value is -2.87. The van der Waals surface area contributed by atoms with E-state index in [1.807, 2.05) is 0 Å². The number of hydrogen-bond acceptors (Lipinski definition) is 8. The lowest BCUT2D eigenvalue weighted by Crippen LogP contribution is -2.56. The summed E-state index contributed by atoms with van der Waals surface area (Å²) in [5.74, 6) is -1.41. The van der Waals surface area contributed by atoms with Crippen LogP contribution in [0.1, 0.15) is 12.8 Å². The number of hydrogen-bond donors (Lipinski definition) is 2. The Morgan fingerprint density at radius 2 is 1.55 bits per heavy atom. The average Bonchev–Trinajstić information content (AvgIpc) is 2.78. The van der Waals surface area contributed by atoms with Crippen molar-refractivity contribution in [2.45, 2.75) is 28.8 Å². The smallest absolute Gasteiger partial charge is 0.406 e.